The van der Waals surface area contributed by atoms with Crippen molar-refractivity contribution in [3.05, 3.63) is 59.4 Å². The first-order valence-corrected chi connectivity index (χ1v) is 12.1. The molecule has 1 atom stereocenters. The first-order chi connectivity index (χ1) is 16.8. The predicted octanol–water partition coefficient (Wildman–Crippen LogP) is 3.41. The summed E-state index contributed by atoms with van der Waals surface area (Å²) in [5, 5.41) is 7.50. The highest BCUT2D eigenvalue weighted by atomic mass is 16.6. The van der Waals surface area contributed by atoms with Crippen LogP contribution >= 0.6 is 0 Å². The zero-order valence-corrected chi connectivity index (χ0v) is 21.0. The first-order valence-electron chi connectivity index (χ1n) is 12.1. The van der Waals surface area contributed by atoms with Crippen molar-refractivity contribution in [2.24, 2.45) is 7.05 Å². The molecule has 0 aliphatic carbocycles. The minimum atomic E-state index is -0.223. The molecule has 3 aromatic rings. The Balaban J connectivity index is 1.38. The molecule has 184 valence electrons. The molecule has 0 radical (unpaired) electrons. The van der Waals surface area contributed by atoms with Crippen molar-refractivity contribution < 1.29 is 14.3 Å². The molecule has 2 aromatic carbocycles. The molecule has 8 heteroatoms. The number of likely N-dealkylation sites (N-methyl/N-ethyl adjacent to an activating group) is 1. The number of nitrogens with one attached hydrogen (secondary N) is 1. The Hall–Kier alpha value is -3.52. The van der Waals surface area contributed by atoms with Gasteiger partial charge in [-0.1, -0.05) is 6.07 Å². The molecule has 1 saturated heterocycles. The number of amides is 1. The number of fused-ring (bicyclic) bond motifs is 1. The summed E-state index contributed by atoms with van der Waals surface area (Å²) in [5.41, 5.74) is 5.56. The number of aryl methyl sites for hydroxylation is 2. The zero-order chi connectivity index (χ0) is 24.7. The minimum Gasteiger partial charge on any atom is -0.486 e. The van der Waals surface area contributed by atoms with Crippen LogP contribution in [0.5, 0.6) is 11.5 Å². The second kappa shape index (κ2) is 9.26. The number of hydrogen-bond donors (Lipinski definition) is 1. The maximum absolute atomic E-state index is 13.3. The van der Waals surface area contributed by atoms with Crippen LogP contribution in [0.2, 0.25) is 0 Å². The van der Waals surface area contributed by atoms with Gasteiger partial charge in [0.2, 0.25) is 0 Å². The van der Waals surface area contributed by atoms with Crippen molar-refractivity contribution in [3.8, 4) is 22.6 Å². The average molecular weight is 476 g/mol. The Bertz CT molecular complexity index is 1250. The summed E-state index contributed by atoms with van der Waals surface area (Å²) in [5.74, 6) is 1.33. The van der Waals surface area contributed by atoms with Gasteiger partial charge >= 0.3 is 0 Å². The molecule has 1 fully saturated rings. The topological polar surface area (TPSA) is 71.9 Å². The van der Waals surface area contributed by atoms with Crippen molar-refractivity contribution >= 4 is 11.6 Å². The number of hydrogen-bond acceptors (Lipinski definition) is 6. The smallest absolute Gasteiger partial charge is 0.252 e. The van der Waals surface area contributed by atoms with Crippen LogP contribution in [-0.2, 0) is 7.05 Å². The Morgan fingerprint density at radius 1 is 1.17 bits per heavy atom. The zero-order valence-electron chi connectivity index (χ0n) is 21.0. The van der Waals surface area contributed by atoms with Gasteiger partial charge in [-0.3, -0.25) is 9.48 Å². The molecule has 3 heterocycles. The van der Waals surface area contributed by atoms with E-state index in [9.17, 15) is 4.79 Å². The summed E-state index contributed by atoms with van der Waals surface area (Å²) in [7, 11) is 6.10. The molecule has 5 rings (SSSR count). The van der Waals surface area contributed by atoms with Crippen LogP contribution in [0.3, 0.4) is 0 Å². The number of rotatable bonds is 6. The lowest BCUT2D eigenvalue weighted by atomic mass is 9.99. The average Bonchev–Trinajstić information content (AvgIpc) is 3.24. The fourth-order valence-electron chi connectivity index (χ4n) is 4.60. The van der Waals surface area contributed by atoms with Crippen LogP contribution in [0.4, 0.5) is 5.69 Å². The molecular formula is C27H33N5O3. The van der Waals surface area contributed by atoms with Gasteiger partial charge in [-0.2, -0.15) is 5.10 Å². The summed E-state index contributed by atoms with van der Waals surface area (Å²) in [4.78, 5) is 17.9. The lowest BCUT2D eigenvalue weighted by Crippen LogP contribution is -2.57. The number of carbonyl (C=O) groups excluding carboxylic acids is 1. The van der Waals surface area contributed by atoms with Gasteiger partial charge in [0.25, 0.3) is 5.91 Å². The number of benzene rings is 2. The predicted molar refractivity (Wildman–Crippen MR) is 136 cm³/mol. The molecule has 0 bridgehead atoms. The molecular weight excluding hydrogens is 442 g/mol. The van der Waals surface area contributed by atoms with E-state index < -0.39 is 0 Å². The van der Waals surface area contributed by atoms with Crippen LogP contribution in [0.15, 0.2) is 42.7 Å². The molecule has 1 aromatic heterocycles. The fraction of sp³-hybridized carbons (Fsp3) is 0.407. The van der Waals surface area contributed by atoms with Crippen molar-refractivity contribution in [1.29, 1.82) is 0 Å². The number of carbonyl (C=O) groups is 1. The quantitative estimate of drug-likeness (QED) is 0.589. The molecule has 2 aliphatic heterocycles. The van der Waals surface area contributed by atoms with Gasteiger partial charge in [-0.25, -0.2) is 0 Å². The molecule has 0 saturated carbocycles. The van der Waals surface area contributed by atoms with Crippen LogP contribution in [0, 0.1) is 6.92 Å². The minimum absolute atomic E-state index is 0.0839. The highest BCUT2D eigenvalue weighted by Gasteiger charge is 2.29. The molecule has 1 amide bonds. The van der Waals surface area contributed by atoms with Gasteiger partial charge in [0, 0.05) is 54.8 Å². The number of nitrogens with zero attached hydrogens (tertiary/aromatic N) is 4. The van der Waals surface area contributed by atoms with Gasteiger partial charge in [-0.15, -0.1) is 0 Å². The van der Waals surface area contributed by atoms with Crippen LogP contribution in [0.25, 0.3) is 11.1 Å². The Kier molecular flexibility index (Phi) is 6.15. The van der Waals surface area contributed by atoms with E-state index in [4.69, 9.17) is 9.47 Å². The summed E-state index contributed by atoms with van der Waals surface area (Å²) in [6, 6.07) is 10.5. The van der Waals surface area contributed by atoms with E-state index in [-0.39, 0.29) is 11.9 Å². The molecule has 1 N–H and O–H groups in total. The van der Waals surface area contributed by atoms with Gasteiger partial charge in [-0.05, 0) is 63.3 Å². The third-order valence-corrected chi connectivity index (χ3v) is 6.95. The van der Waals surface area contributed by atoms with Gasteiger partial charge in [0.1, 0.15) is 13.2 Å². The third-order valence-electron chi connectivity index (χ3n) is 6.95. The second-order valence-electron chi connectivity index (χ2n) is 9.71. The summed E-state index contributed by atoms with van der Waals surface area (Å²) in [6.07, 6.45) is 3.76. The summed E-state index contributed by atoms with van der Waals surface area (Å²) >= 11 is 0. The van der Waals surface area contributed by atoms with E-state index in [1.54, 1.807) is 4.68 Å². The lowest BCUT2D eigenvalue weighted by molar-refractivity contribution is 0.0939. The SMILES string of the molecule is Cc1ccc(N2CC(N(C)C)C2)cc1C(=O)N[C@H](C)c1cc2c(c(-c3cnn(C)c3)c1)OCCO2. The van der Waals surface area contributed by atoms with Crippen LogP contribution in [-0.4, -0.2) is 67.0 Å². The Morgan fingerprint density at radius 2 is 1.94 bits per heavy atom. The van der Waals surface area contributed by atoms with Gasteiger partial charge < -0.3 is 24.6 Å². The van der Waals surface area contributed by atoms with Gasteiger partial charge in [0.15, 0.2) is 11.5 Å². The highest BCUT2D eigenvalue weighted by molar-refractivity contribution is 5.97. The highest BCUT2D eigenvalue weighted by Crippen LogP contribution is 2.42. The first kappa shape index (κ1) is 23.2. The normalized spacial score (nSPS) is 16.2. The lowest BCUT2D eigenvalue weighted by Gasteiger charge is -2.44. The van der Waals surface area contributed by atoms with Crippen molar-refractivity contribution in [1.82, 2.24) is 20.0 Å². The van der Waals surface area contributed by atoms with E-state index in [0.717, 1.165) is 46.8 Å². The summed E-state index contributed by atoms with van der Waals surface area (Å²) in [6.45, 7) is 6.93. The molecule has 35 heavy (non-hydrogen) atoms. The number of aromatic nitrogens is 2. The van der Waals surface area contributed by atoms with Crippen LogP contribution in [0.1, 0.15) is 34.5 Å². The molecule has 8 nitrogen and oxygen atoms in total. The van der Waals surface area contributed by atoms with E-state index in [0.29, 0.717) is 30.6 Å². The van der Waals surface area contributed by atoms with Gasteiger partial charge in [0.05, 0.1) is 12.2 Å². The Morgan fingerprint density at radius 3 is 2.66 bits per heavy atom. The van der Waals surface area contributed by atoms with Crippen molar-refractivity contribution in [3.63, 3.8) is 0 Å². The maximum atomic E-state index is 13.3. The third kappa shape index (κ3) is 4.58. The van der Waals surface area contributed by atoms with Crippen molar-refractivity contribution in [2.45, 2.75) is 25.9 Å². The largest absolute Gasteiger partial charge is 0.486 e. The number of anilines is 1. The van der Waals surface area contributed by atoms with E-state index in [1.165, 1.54) is 0 Å². The maximum Gasteiger partial charge on any atom is 0.252 e. The molecule has 0 unspecified atom stereocenters. The monoisotopic (exact) mass is 475 g/mol. The number of ether oxygens (including phenoxy) is 2. The van der Waals surface area contributed by atoms with E-state index >= 15 is 0 Å². The summed E-state index contributed by atoms with van der Waals surface area (Å²) < 4.78 is 13.6. The van der Waals surface area contributed by atoms with E-state index in [1.807, 2.05) is 51.5 Å². The molecule has 2 aliphatic rings. The standard InChI is InChI=1S/C27H33N5O3/c1-17-6-7-21(32-15-22(16-32)30(3)4)12-23(17)27(33)29-18(2)19-10-24(20-13-28-31(5)14-20)26-25(11-19)34-8-9-35-26/h6-7,10-14,18,22H,8-9,15-16H2,1-5H3,(H,29,33)/t18-/m1/s1. The van der Waals surface area contributed by atoms with E-state index in [2.05, 4.69) is 46.4 Å². The van der Waals surface area contributed by atoms with Crippen molar-refractivity contribution in [2.75, 3.05) is 45.3 Å². The van der Waals surface area contributed by atoms with Crippen LogP contribution < -0.4 is 19.7 Å². The Labute approximate surface area is 206 Å². The fourth-order valence-corrected chi connectivity index (χ4v) is 4.60. The second-order valence-corrected chi connectivity index (χ2v) is 9.71. The molecule has 0 spiro atoms.